The van der Waals surface area contributed by atoms with Crippen LogP contribution in [0.3, 0.4) is 0 Å². The Labute approximate surface area is 271 Å². The number of morpholine rings is 1. The highest BCUT2D eigenvalue weighted by molar-refractivity contribution is 5.95. The highest BCUT2D eigenvalue weighted by Crippen LogP contribution is 2.75. The number of carbonyl (C=O) groups is 3. The van der Waals surface area contributed by atoms with E-state index in [1.54, 1.807) is 0 Å². The van der Waals surface area contributed by atoms with Gasteiger partial charge in [0.15, 0.2) is 5.78 Å². The molecule has 0 N–H and O–H groups in total. The highest BCUT2D eigenvalue weighted by Gasteiger charge is 2.70. The summed E-state index contributed by atoms with van der Waals surface area (Å²) in [4.78, 5) is 42.7. The number of esters is 2. The Bertz CT molecular complexity index is 1250. The highest BCUT2D eigenvalue weighted by atomic mass is 16.5. The molecule has 5 fully saturated rings. The van der Waals surface area contributed by atoms with Crippen LogP contribution in [-0.2, 0) is 28.6 Å². The summed E-state index contributed by atoms with van der Waals surface area (Å²) in [6.07, 6.45) is 10.5. The van der Waals surface area contributed by atoms with Crippen molar-refractivity contribution in [1.82, 2.24) is 4.90 Å². The van der Waals surface area contributed by atoms with Crippen LogP contribution in [0, 0.1) is 50.2 Å². The molecule has 1 saturated heterocycles. The van der Waals surface area contributed by atoms with Gasteiger partial charge < -0.3 is 14.2 Å². The Morgan fingerprint density at radius 1 is 0.933 bits per heavy atom. The quantitative estimate of drug-likeness (QED) is 0.312. The lowest BCUT2D eigenvalue weighted by molar-refractivity contribution is -0.210. The molecule has 1 heterocycles. The molecule has 45 heavy (non-hydrogen) atoms. The van der Waals surface area contributed by atoms with Crippen LogP contribution in [0.25, 0.3) is 0 Å². The van der Waals surface area contributed by atoms with Crippen molar-refractivity contribution < 1.29 is 28.6 Å². The zero-order chi connectivity index (χ0) is 32.6. The monoisotopic (exact) mass is 625 g/mol. The van der Waals surface area contributed by atoms with Gasteiger partial charge in [0, 0.05) is 37.9 Å². The second-order valence-corrected chi connectivity index (χ2v) is 17.8. The van der Waals surface area contributed by atoms with E-state index in [9.17, 15) is 14.4 Å². The van der Waals surface area contributed by atoms with E-state index >= 15 is 0 Å². The van der Waals surface area contributed by atoms with Crippen molar-refractivity contribution in [2.24, 2.45) is 50.2 Å². The molecule has 0 amide bonds. The van der Waals surface area contributed by atoms with Gasteiger partial charge in [-0.15, -0.1) is 0 Å². The van der Waals surface area contributed by atoms with Crippen molar-refractivity contribution in [2.75, 3.05) is 39.5 Å². The molecule has 0 bridgehead atoms. The van der Waals surface area contributed by atoms with Gasteiger partial charge in [-0.2, -0.15) is 0 Å². The van der Waals surface area contributed by atoms with Gasteiger partial charge in [0.1, 0.15) is 12.7 Å². The molecular weight excluding hydrogens is 566 g/mol. The number of nitrogens with zero attached hydrogens (tertiary/aromatic N) is 1. The van der Waals surface area contributed by atoms with E-state index in [-0.39, 0.29) is 57.0 Å². The summed E-state index contributed by atoms with van der Waals surface area (Å²) >= 11 is 0. The molecule has 6 aliphatic rings. The zero-order valence-corrected chi connectivity index (χ0v) is 29.4. The molecule has 9 atom stereocenters. The van der Waals surface area contributed by atoms with Gasteiger partial charge >= 0.3 is 11.9 Å². The molecule has 1 aliphatic heterocycles. The Hall–Kier alpha value is -1.73. The number of ketones is 1. The van der Waals surface area contributed by atoms with Crippen LogP contribution in [0.5, 0.6) is 0 Å². The first-order chi connectivity index (χ1) is 21.0. The Morgan fingerprint density at radius 3 is 2.31 bits per heavy atom. The second-order valence-electron chi connectivity index (χ2n) is 17.8. The van der Waals surface area contributed by atoms with Crippen molar-refractivity contribution in [3.63, 3.8) is 0 Å². The standard InChI is InChI=1S/C38H59NO6/c1-25(40)45-30-10-11-36(6)29(33(30,2)3)9-12-38(8)31(36)28(41)23-26-27-24-35(5,14-13-34(27,4)15-16-37(26,38)7)32(42)44-22-19-39-17-20-43-21-18-39/h23,27,29-31H,9-22,24H2,1-8H3. The third kappa shape index (κ3) is 5.07. The summed E-state index contributed by atoms with van der Waals surface area (Å²) in [5.74, 6) is 0.463. The largest absolute Gasteiger partial charge is 0.464 e. The average molecular weight is 626 g/mol. The van der Waals surface area contributed by atoms with Crippen LogP contribution >= 0.6 is 0 Å². The van der Waals surface area contributed by atoms with Crippen LogP contribution in [0.2, 0.25) is 0 Å². The van der Waals surface area contributed by atoms with Crippen LogP contribution in [0.1, 0.15) is 113 Å². The number of rotatable bonds is 5. The molecule has 0 radical (unpaired) electrons. The van der Waals surface area contributed by atoms with Gasteiger partial charge in [-0.3, -0.25) is 19.3 Å². The minimum atomic E-state index is -0.544. The maximum absolute atomic E-state index is 14.7. The van der Waals surface area contributed by atoms with Crippen LogP contribution in [0.15, 0.2) is 11.6 Å². The number of carbonyl (C=O) groups excluding carboxylic acids is 3. The predicted molar refractivity (Wildman–Crippen MR) is 173 cm³/mol. The minimum absolute atomic E-state index is 0.0560. The number of hydrogen-bond acceptors (Lipinski definition) is 7. The van der Waals surface area contributed by atoms with Crippen molar-refractivity contribution in [1.29, 1.82) is 0 Å². The van der Waals surface area contributed by atoms with E-state index in [0.29, 0.717) is 18.3 Å². The topological polar surface area (TPSA) is 82.1 Å². The molecule has 0 spiro atoms. The van der Waals surface area contributed by atoms with E-state index < -0.39 is 5.41 Å². The van der Waals surface area contributed by atoms with Gasteiger partial charge in [0.2, 0.25) is 0 Å². The summed E-state index contributed by atoms with van der Waals surface area (Å²) in [5, 5.41) is 0. The Kier molecular flexibility index (Phi) is 8.24. The lowest BCUT2D eigenvalue weighted by Gasteiger charge is -2.70. The molecule has 6 rings (SSSR count). The van der Waals surface area contributed by atoms with E-state index in [1.807, 2.05) is 0 Å². The van der Waals surface area contributed by atoms with Crippen molar-refractivity contribution >= 4 is 17.7 Å². The molecule has 0 aromatic heterocycles. The zero-order valence-electron chi connectivity index (χ0n) is 29.4. The summed E-state index contributed by atoms with van der Waals surface area (Å²) in [7, 11) is 0. The summed E-state index contributed by atoms with van der Waals surface area (Å²) in [6.45, 7) is 22.3. The maximum atomic E-state index is 14.7. The second kappa shape index (κ2) is 11.2. The van der Waals surface area contributed by atoms with Crippen LogP contribution < -0.4 is 0 Å². The molecule has 0 aromatic rings. The smallest absolute Gasteiger partial charge is 0.311 e. The number of ether oxygens (including phenoxy) is 3. The van der Waals surface area contributed by atoms with Gasteiger partial charge in [-0.25, -0.2) is 0 Å². The summed E-state index contributed by atoms with van der Waals surface area (Å²) < 4.78 is 17.3. The fourth-order valence-electron chi connectivity index (χ4n) is 12.0. The fourth-order valence-corrected chi connectivity index (χ4v) is 12.0. The number of allylic oxidation sites excluding steroid dienone is 2. The van der Waals surface area contributed by atoms with E-state index in [2.05, 4.69) is 59.4 Å². The van der Waals surface area contributed by atoms with Crippen LogP contribution in [0.4, 0.5) is 0 Å². The molecule has 7 heteroatoms. The lowest BCUT2D eigenvalue weighted by Crippen LogP contribution is -2.66. The first kappa shape index (κ1) is 33.2. The van der Waals surface area contributed by atoms with E-state index in [1.165, 1.54) is 12.5 Å². The van der Waals surface area contributed by atoms with Crippen molar-refractivity contribution in [3.8, 4) is 0 Å². The van der Waals surface area contributed by atoms with Crippen LogP contribution in [-0.4, -0.2) is 68.2 Å². The maximum Gasteiger partial charge on any atom is 0.311 e. The summed E-state index contributed by atoms with van der Waals surface area (Å²) in [6, 6.07) is 0. The summed E-state index contributed by atoms with van der Waals surface area (Å²) in [5.41, 5.74) is 0.273. The van der Waals surface area contributed by atoms with Gasteiger partial charge in [0.25, 0.3) is 0 Å². The van der Waals surface area contributed by atoms with Crippen molar-refractivity contribution in [2.45, 2.75) is 119 Å². The number of fused-ring (bicyclic) bond motifs is 7. The van der Waals surface area contributed by atoms with Gasteiger partial charge in [-0.05, 0) is 104 Å². The molecule has 4 saturated carbocycles. The average Bonchev–Trinajstić information content (AvgIpc) is 2.97. The first-order valence-electron chi connectivity index (χ1n) is 17.9. The molecular formula is C38H59NO6. The Balaban J connectivity index is 1.27. The molecule has 5 aliphatic carbocycles. The van der Waals surface area contributed by atoms with E-state index in [4.69, 9.17) is 14.2 Å². The van der Waals surface area contributed by atoms with Gasteiger partial charge in [0.05, 0.1) is 18.6 Å². The SMILES string of the molecule is CC(=O)OC1CCC2(C)C(CCC3(C)C2C(=O)C=C2C4CC(C)(C(=O)OCCN5CCOCC5)CCC4(C)CCC23C)C1(C)C. The molecule has 0 aromatic carbocycles. The molecule has 9 unspecified atom stereocenters. The molecule has 7 nitrogen and oxygen atoms in total. The van der Waals surface area contributed by atoms with E-state index in [0.717, 1.165) is 90.6 Å². The third-order valence-electron chi connectivity index (χ3n) is 15.1. The third-order valence-corrected chi connectivity index (χ3v) is 15.1. The predicted octanol–water partition coefficient (Wildman–Crippen LogP) is 6.77. The van der Waals surface area contributed by atoms with Crippen molar-refractivity contribution in [3.05, 3.63) is 11.6 Å². The molecule has 252 valence electrons. The minimum Gasteiger partial charge on any atom is -0.464 e. The lowest BCUT2D eigenvalue weighted by atomic mass is 9.33. The number of hydrogen-bond donors (Lipinski definition) is 0. The van der Waals surface area contributed by atoms with Gasteiger partial charge in [-0.1, -0.05) is 47.1 Å². The first-order valence-corrected chi connectivity index (χ1v) is 17.9. The fraction of sp³-hybridized carbons (Fsp3) is 0.868. The Morgan fingerprint density at radius 2 is 1.62 bits per heavy atom. The normalized spacial score (nSPS) is 46.0.